The number of nitrogens with zero attached hydrogens (tertiary/aromatic N) is 1. The van der Waals surface area contributed by atoms with Gasteiger partial charge in [0.15, 0.2) is 0 Å². The van der Waals surface area contributed by atoms with Crippen LogP contribution in [0.2, 0.25) is 0 Å². The monoisotopic (exact) mass is 387 g/mol. The molecule has 1 unspecified atom stereocenters. The number of hydrogen-bond acceptors (Lipinski definition) is 3. The van der Waals surface area contributed by atoms with Gasteiger partial charge in [0.25, 0.3) is 11.8 Å². The summed E-state index contributed by atoms with van der Waals surface area (Å²) in [4.78, 5) is 39.1. The second-order valence-corrected chi connectivity index (χ2v) is 7.25. The molecule has 1 aliphatic rings. The van der Waals surface area contributed by atoms with Gasteiger partial charge in [0.2, 0.25) is 0 Å². The summed E-state index contributed by atoms with van der Waals surface area (Å²) in [6.45, 7) is 1.83. The van der Waals surface area contributed by atoms with Gasteiger partial charge in [-0.1, -0.05) is 54.6 Å². The minimum absolute atomic E-state index is 0.0931. The van der Waals surface area contributed by atoms with E-state index in [1.165, 1.54) is 4.90 Å². The summed E-state index contributed by atoms with van der Waals surface area (Å²) in [5.41, 5.74) is 0.789. The number of imide groups is 1. The largest absolute Gasteiger partial charge is 0.355 e. The van der Waals surface area contributed by atoms with Crippen molar-refractivity contribution in [2.24, 2.45) is 0 Å². The van der Waals surface area contributed by atoms with Gasteiger partial charge < -0.3 is 10.6 Å². The molecule has 0 saturated carbocycles. The minimum atomic E-state index is -1.16. The van der Waals surface area contributed by atoms with Gasteiger partial charge in [-0.15, -0.1) is 0 Å². The molecule has 6 heteroatoms. The molecule has 0 aliphatic carbocycles. The Kier molecular flexibility index (Phi) is 4.54. The van der Waals surface area contributed by atoms with Crippen LogP contribution in [0.3, 0.4) is 0 Å². The summed E-state index contributed by atoms with van der Waals surface area (Å²) in [6.07, 6.45) is 0. The van der Waals surface area contributed by atoms with Gasteiger partial charge >= 0.3 is 6.03 Å². The van der Waals surface area contributed by atoms with Gasteiger partial charge in [-0.3, -0.25) is 14.5 Å². The number of rotatable bonds is 4. The molecule has 146 valence electrons. The third-order valence-corrected chi connectivity index (χ3v) is 5.36. The molecular formula is C23H21N3O3. The average molecular weight is 387 g/mol. The molecule has 4 amide bonds. The van der Waals surface area contributed by atoms with E-state index in [0.29, 0.717) is 11.1 Å². The maximum Gasteiger partial charge on any atom is 0.325 e. The van der Waals surface area contributed by atoms with Crippen LogP contribution in [0.15, 0.2) is 66.7 Å². The van der Waals surface area contributed by atoms with Crippen LogP contribution in [0.4, 0.5) is 4.79 Å². The summed E-state index contributed by atoms with van der Waals surface area (Å²) >= 11 is 0. The normalized spacial score (nSPS) is 18.8. The van der Waals surface area contributed by atoms with E-state index in [0.717, 1.165) is 16.3 Å². The SMILES string of the molecule is CNC(=O)c1cccc(CN2C(=O)NC(C)(c3cccc4ccccc34)C2=O)c1. The molecule has 6 nitrogen and oxygen atoms in total. The molecule has 4 rings (SSSR count). The number of fused-ring (bicyclic) bond motifs is 1. The fourth-order valence-electron chi connectivity index (χ4n) is 3.82. The van der Waals surface area contributed by atoms with Crippen molar-refractivity contribution >= 4 is 28.6 Å². The predicted octanol–water partition coefficient (Wildman–Crippen LogP) is 3.17. The van der Waals surface area contributed by atoms with Gasteiger partial charge in [0, 0.05) is 12.6 Å². The lowest BCUT2D eigenvalue weighted by Gasteiger charge is -2.24. The highest BCUT2D eigenvalue weighted by atomic mass is 16.2. The van der Waals surface area contributed by atoms with Crippen molar-refractivity contribution in [3.8, 4) is 0 Å². The second-order valence-electron chi connectivity index (χ2n) is 7.25. The molecule has 0 radical (unpaired) electrons. The van der Waals surface area contributed by atoms with Gasteiger partial charge in [-0.25, -0.2) is 4.79 Å². The molecule has 0 bridgehead atoms. The van der Waals surface area contributed by atoms with Crippen LogP contribution in [-0.4, -0.2) is 29.8 Å². The van der Waals surface area contributed by atoms with Crippen LogP contribution < -0.4 is 10.6 Å². The van der Waals surface area contributed by atoms with Crippen LogP contribution in [-0.2, 0) is 16.9 Å². The number of amides is 4. The molecule has 3 aromatic carbocycles. The molecule has 1 saturated heterocycles. The first-order valence-electron chi connectivity index (χ1n) is 9.37. The van der Waals surface area contributed by atoms with Crippen LogP contribution in [0.25, 0.3) is 10.8 Å². The molecule has 1 aliphatic heterocycles. The maximum absolute atomic E-state index is 13.3. The van der Waals surface area contributed by atoms with E-state index < -0.39 is 11.6 Å². The van der Waals surface area contributed by atoms with Crippen molar-refractivity contribution in [1.82, 2.24) is 15.5 Å². The Balaban J connectivity index is 1.68. The topological polar surface area (TPSA) is 78.5 Å². The molecular weight excluding hydrogens is 366 g/mol. The van der Waals surface area contributed by atoms with Gasteiger partial charge in [-0.05, 0) is 41.0 Å². The Morgan fingerprint density at radius 3 is 2.55 bits per heavy atom. The van der Waals surface area contributed by atoms with Gasteiger partial charge in [0.05, 0.1) is 6.54 Å². The lowest BCUT2D eigenvalue weighted by atomic mass is 9.88. The standard InChI is InChI=1S/C23H21N3O3/c1-23(19-12-6-9-16-8-3-4-11-18(16)19)21(28)26(22(29)25-23)14-15-7-5-10-17(13-15)20(27)24-2/h3-13H,14H2,1-2H3,(H,24,27)(H,25,29). The van der Waals surface area contributed by atoms with E-state index in [2.05, 4.69) is 10.6 Å². The average Bonchev–Trinajstić information content (AvgIpc) is 2.96. The highest BCUT2D eigenvalue weighted by Crippen LogP contribution is 2.34. The predicted molar refractivity (Wildman–Crippen MR) is 110 cm³/mol. The van der Waals surface area contributed by atoms with Crippen molar-refractivity contribution in [2.45, 2.75) is 19.0 Å². The fraction of sp³-hybridized carbons (Fsp3) is 0.174. The van der Waals surface area contributed by atoms with E-state index in [9.17, 15) is 14.4 Å². The molecule has 1 fully saturated rings. The van der Waals surface area contributed by atoms with E-state index in [1.807, 2.05) is 42.5 Å². The van der Waals surface area contributed by atoms with Crippen molar-refractivity contribution in [2.75, 3.05) is 7.05 Å². The summed E-state index contributed by atoms with van der Waals surface area (Å²) in [7, 11) is 1.56. The van der Waals surface area contributed by atoms with Crippen molar-refractivity contribution in [3.63, 3.8) is 0 Å². The maximum atomic E-state index is 13.3. The van der Waals surface area contributed by atoms with Crippen LogP contribution in [0.5, 0.6) is 0 Å². The number of carbonyl (C=O) groups is 3. The quantitative estimate of drug-likeness (QED) is 0.675. The number of carbonyl (C=O) groups excluding carboxylic acids is 3. The van der Waals surface area contributed by atoms with Crippen LogP contribution in [0.1, 0.15) is 28.4 Å². The van der Waals surface area contributed by atoms with Gasteiger partial charge in [-0.2, -0.15) is 0 Å². The van der Waals surface area contributed by atoms with Gasteiger partial charge in [0.1, 0.15) is 5.54 Å². The smallest absolute Gasteiger partial charge is 0.325 e. The lowest BCUT2D eigenvalue weighted by Crippen LogP contribution is -2.41. The second kappa shape index (κ2) is 7.05. The fourth-order valence-corrected chi connectivity index (χ4v) is 3.82. The molecule has 1 atom stereocenters. The summed E-state index contributed by atoms with van der Waals surface area (Å²) in [5.74, 6) is -0.533. The van der Waals surface area contributed by atoms with E-state index >= 15 is 0 Å². The van der Waals surface area contributed by atoms with Crippen molar-refractivity contribution < 1.29 is 14.4 Å². The zero-order chi connectivity index (χ0) is 20.6. The highest BCUT2D eigenvalue weighted by molar-refractivity contribution is 6.09. The Morgan fingerprint density at radius 1 is 1.03 bits per heavy atom. The summed E-state index contributed by atoms with van der Waals surface area (Å²) < 4.78 is 0. The van der Waals surface area contributed by atoms with Crippen LogP contribution >= 0.6 is 0 Å². The number of hydrogen-bond donors (Lipinski definition) is 2. The van der Waals surface area contributed by atoms with Crippen molar-refractivity contribution in [1.29, 1.82) is 0 Å². The molecule has 29 heavy (non-hydrogen) atoms. The number of benzene rings is 3. The lowest BCUT2D eigenvalue weighted by molar-refractivity contribution is -0.131. The van der Waals surface area contributed by atoms with Crippen molar-refractivity contribution in [3.05, 3.63) is 83.4 Å². The van der Waals surface area contributed by atoms with E-state index in [1.54, 1.807) is 38.2 Å². The molecule has 0 spiro atoms. The zero-order valence-corrected chi connectivity index (χ0v) is 16.2. The Hall–Kier alpha value is -3.67. The third-order valence-electron chi connectivity index (χ3n) is 5.36. The van der Waals surface area contributed by atoms with Crippen LogP contribution in [0, 0.1) is 0 Å². The minimum Gasteiger partial charge on any atom is -0.355 e. The summed E-state index contributed by atoms with van der Waals surface area (Å²) in [5, 5.41) is 7.37. The summed E-state index contributed by atoms with van der Waals surface area (Å²) in [6, 6.07) is 20.0. The molecule has 0 aromatic heterocycles. The third kappa shape index (κ3) is 3.12. The van der Waals surface area contributed by atoms with E-state index in [-0.39, 0.29) is 18.4 Å². The Bertz CT molecular complexity index is 1140. The first kappa shape index (κ1) is 18.7. The Morgan fingerprint density at radius 2 is 1.76 bits per heavy atom. The molecule has 1 heterocycles. The molecule has 3 aromatic rings. The molecule has 2 N–H and O–H groups in total. The Labute approximate surface area is 168 Å². The van der Waals surface area contributed by atoms with E-state index in [4.69, 9.17) is 0 Å². The zero-order valence-electron chi connectivity index (χ0n) is 16.2. The number of urea groups is 1. The number of nitrogens with one attached hydrogen (secondary N) is 2. The first-order valence-corrected chi connectivity index (χ1v) is 9.37. The highest BCUT2D eigenvalue weighted by Gasteiger charge is 2.49. The first-order chi connectivity index (χ1) is 13.9.